The van der Waals surface area contributed by atoms with E-state index >= 15 is 0 Å². The summed E-state index contributed by atoms with van der Waals surface area (Å²) in [5.74, 6) is 0. The quantitative estimate of drug-likeness (QED) is 0.185. The van der Waals surface area contributed by atoms with E-state index in [4.69, 9.17) is 4.42 Å². The number of furan rings is 1. The maximum Gasteiger partial charge on any atom is 0.136 e. The number of hydrogen-bond acceptors (Lipinski definition) is 2. The first-order valence-corrected chi connectivity index (χ1v) is 16.3. The fraction of sp³-hybridized carbons (Fsp3) is 0. The molecule has 2 heteroatoms. The topological polar surface area (TPSA) is 16.4 Å². The van der Waals surface area contributed by atoms with Crippen molar-refractivity contribution in [2.75, 3.05) is 4.90 Å². The number of para-hydroxylation sites is 1. The van der Waals surface area contributed by atoms with Gasteiger partial charge in [0.2, 0.25) is 0 Å². The van der Waals surface area contributed by atoms with Gasteiger partial charge in [0.1, 0.15) is 11.2 Å². The lowest BCUT2D eigenvalue weighted by Crippen LogP contribution is -2.10. The van der Waals surface area contributed by atoms with Crippen molar-refractivity contribution in [3.8, 4) is 33.4 Å². The van der Waals surface area contributed by atoms with Gasteiger partial charge in [0, 0.05) is 27.8 Å². The fourth-order valence-electron chi connectivity index (χ4n) is 6.94. The molecule has 0 saturated heterocycles. The van der Waals surface area contributed by atoms with Gasteiger partial charge in [-0.25, -0.2) is 0 Å². The molecule has 1 heterocycles. The van der Waals surface area contributed by atoms with Crippen LogP contribution in [-0.4, -0.2) is 0 Å². The Morgan fingerprint density at radius 1 is 0.312 bits per heavy atom. The maximum atomic E-state index is 6.49. The third-order valence-electron chi connectivity index (χ3n) is 9.27. The van der Waals surface area contributed by atoms with Gasteiger partial charge < -0.3 is 9.32 Å². The van der Waals surface area contributed by atoms with Crippen LogP contribution in [0.5, 0.6) is 0 Å². The molecule has 226 valence electrons. The molecule has 2 nitrogen and oxygen atoms in total. The number of hydrogen-bond donors (Lipinski definition) is 0. The molecule has 48 heavy (non-hydrogen) atoms. The van der Waals surface area contributed by atoms with E-state index in [1.807, 2.05) is 6.07 Å². The Balaban J connectivity index is 1.26. The van der Waals surface area contributed by atoms with Crippen LogP contribution in [0.25, 0.3) is 66.1 Å². The summed E-state index contributed by atoms with van der Waals surface area (Å²) in [6.07, 6.45) is 0. The predicted molar refractivity (Wildman–Crippen MR) is 202 cm³/mol. The van der Waals surface area contributed by atoms with E-state index < -0.39 is 0 Å². The summed E-state index contributed by atoms with van der Waals surface area (Å²) in [7, 11) is 0. The molecule has 0 radical (unpaired) electrons. The number of benzene rings is 8. The minimum atomic E-state index is 0.894. The van der Waals surface area contributed by atoms with E-state index in [0.717, 1.165) is 44.6 Å². The highest BCUT2D eigenvalue weighted by Crippen LogP contribution is 2.44. The molecule has 0 saturated carbocycles. The Hall–Kier alpha value is -6.38. The third-order valence-corrected chi connectivity index (χ3v) is 9.27. The molecule has 0 spiro atoms. The average molecular weight is 614 g/mol. The maximum absolute atomic E-state index is 6.49. The number of nitrogens with zero attached hydrogens (tertiary/aromatic N) is 1. The largest absolute Gasteiger partial charge is 0.456 e. The molecule has 0 N–H and O–H groups in total. The van der Waals surface area contributed by atoms with Gasteiger partial charge in [-0.2, -0.15) is 0 Å². The van der Waals surface area contributed by atoms with Crippen LogP contribution in [0, 0.1) is 0 Å². The van der Waals surface area contributed by atoms with Crippen LogP contribution < -0.4 is 4.90 Å². The van der Waals surface area contributed by atoms with Crippen LogP contribution in [0.3, 0.4) is 0 Å². The van der Waals surface area contributed by atoms with Gasteiger partial charge in [0.25, 0.3) is 0 Å². The number of rotatable bonds is 6. The number of fused-ring (bicyclic) bond motifs is 5. The SMILES string of the molecule is c1ccc(-c2ccc(N(c3ccc(-c4ccccc4)cc3)c3ccc4c(-c5ccccc5)cc5oc6ccccc6c5c4c3)cc2)cc1. The van der Waals surface area contributed by atoms with Crippen molar-refractivity contribution >= 4 is 49.8 Å². The van der Waals surface area contributed by atoms with E-state index in [1.165, 1.54) is 38.6 Å². The van der Waals surface area contributed by atoms with Crippen molar-refractivity contribution in [2.24, 2.45) is 0 Å². The molecule has 0 aliphatic rings. The van der Waals surface area contributed by atoms with E-state index in [1.54, 1.807) is 0 Å². The molecule has 0 fully saturated rings. The summed E-state index contributed by atoms with van der Waals surface area (Å²) in [6.45, 7) is 0. The normalized spacial score (nSPS) is 11.3. The highest BCUT2D eigenvalue weighted by Gasteiger charge is 2.19. The molecule has 8 aromatic carbocycles. The van der Waals surface area contributed by atoms with Gasteiger partial charge in [-0.1, -0.05) is 140 Å². The lowest BCUT2D eigenvalue weighted by atomic mass is 9.94. The van der Waals surface area contributed by atoms with E-state index in [0.29, 0.717) is 0 Å². The zero-order valence-electron chi connectivity index (χ0n) is 26.3. The standard InChI is InChI=1S/C46H31NO/c1-4-12-32(13-5-1)34-20-24-37(25-21-34)47(38-26-22-35(23-27-38)33-14-6-2-7-15-33)39-28-29-40-42(36-16-8-3-9-17-36)31-45-46(43(40)30-39)41-18-10-11-19-44(41)48-45/h1-31H. The van der Waals surface area contributed by atoms with Crippen molar-refractivity contribution in [2.45, 2.75) is 0 Å². The Morgan fingerprint density at radius 3 is 1.38 bits per heavy atom. The smallest absolute Gasteiger partial charge is 0.136 e. The molecule has 0 amide bonds. The average Bonchev–Trinajstić information content (AvgIpc) is 3.55. The van der Waals surface area contributed by atoms with Crippen LogP contribution in [0.2, 0.25) is 0 Å². The number of anilines is 3. The molecule has 1 aromatic heterocycles. The summed E-state index contributed by atoms with van der Waals surface area (Å²) < 4.78 is 6.49. The first-order chi connectivity index (χ1) is 23.8. The Kier molecular flexibility index (Phi) is 6.84. The van der Waals surface area contributed by atoms with Gasteiger partial charge in [-0.3, -0.25) is 0 Å². The predicted octanol–water partition coefficient (Wildman–Crippen LogP) is 13.2. The molecule has 0 atom stereocenters. The summed E-state index contributed by atoms with van der Waals surface area (Å²) in [5.41, 5.74) is 12.2. The monoisotopic (exact) mass is 613 g/mol. The van der Waals surface area contributed by atoms with Crippen LogP contribution >= 0.6 is 0 Å². The summed E-state index contributed by atoms with van der Waals surface area (Å²) in [4.78, 5) is 2.35. The van der Waals surface area contributed by atoms with Crippen molar-refractivity contribution < 1.29 is 4.42 Å². The minimum absolute atomic E-state index is 0.894. The van der Waals surface area contributed by atoms with Crippen molar-refractivity contribution in [1.82, 2.24) is 0 Å². The zero-order valence-corrected chi connectivity index (χ0v) is 26.3. The van der Waals surface area contributed by atoms with Crippen molar-refractivity contribution in [1.29, 1.82) is 0 Å². The van der Waals surface area contributed by atoms with E-state index in [-0.39, 0.29) is 0 Å². The molecular formula is C46H31NO. The fourth-order valence-corrected chi connectivity index (χ4v) is 6.94. The molecule has 9 aromatic rings. The highest BCUT2D eigenvalue weighted by molar-refractivity contribution is 6.22. The second-order valence-electron chi connectivity index (χ2n) is 12.2. The molecule has 0 unspecified atom stereocenters. The van der Waals surface area contributed by atoms with Gasteiger partial charge in [-0.05, 0) is 92.7 Å². The molecule has 0 bridgehead atoms. The summed E-state index contributed by atoms with van der Waals surface area (Å²) in [6, 6.07) is 66.8. The molecule has 9 rings (SSSR count). The van der Waals surface area contributed by atoms with Gasteiger partial charge >= 0.3 is 0 Å². The second kappa shape index (κ2) is 11.8. The van der Waals surface area contributed by atoms with Crippen LogP contribution in [-0.2, 0) is 0 Å². The lowest BCUT2D eigenvalue weighted by molar-refractivity contribution is 0.669. The lowest BCUT2D eigenvalue weighted by Gasteiger charge is -2.26. The van der Waals surface area contributed by atoms with Gasteiger partial charge in [-0.15, -0.1) is 0 Å². The van der Waals surface area contributed by atoms with Crippen LogP contribution in [0.4, 0.5) is 17.1 Å². The first-order valence-electron chi connectivity index (χ1n) is 16.3. The second-order valence-corrected chi connectivity index (χ2v) is 12.2. The molecule has 0 aliphatic carbocycles. The Bertz CT molecular complexity index is 2430. The van der Waals surface area contributed by atoms with Crippen LogP contribution in [0.15, 0.2) is 192 Å². The molecule has 0 aliphatic heterocycles. The van der Waals surface area contributed by atoms with Crippen molar-refractivity contribution in [3.63, 3.8) is 0 Å². The van der Waals surface area contributed by atoms with Crippen molar-refractivity contribution in [3.05, 3.63) is 188 Å². The Labute approximate surface area is 279 Å². The minimum Gasteiger partial charge on any atom is -0.456 e. The molecular weight excluding hydrogens is 583 g/mol. The summed E-state index contributed by atoms with van der Waals surface area (Å²) >= 11 is 0. The summed E-state index contributed by atoms with van der Waals surface area (Å²) in [5, 5.41) is 4.63. The van der Waals surface area contributed by atoms with E-state index in [2.05, 4.69) is 187 Å². The zero-order chi connectivity index (χ0) is 31.9. The van der Waals surface area contributed by atoms with E-state index in [9.17, 15) is 0 Å². The first kappa shape index (κ1) is 27.9. The van der Waals surface area contributed by atoms with Gasteiger partial charge in [0.05, 0.1) is 0 Å². The van der Waals surface area contributed by atoms with Crippen LogP contribution in [0.1, 0.15) is 0 Å². The third kappa shape index (κ3) is 4.92. The Morgan fingerprint density at radius 2 is 0.792 bits per heavy atom. The van der Waals surface area contributed by atoms with Gasteiger partial charge in [0.15, 0.2) is 0 Å². The highest BCUT2D eigenvalue weighted by atomic mass is 16.3.